The normalized spacial score (nSPS) is 7.46. The van der Waals surface area contributed by atoms with Crippen LogP contribution in [0.5, 0.6) is 11.5 Å². The highest BCUT2D eigenvalue weighted by Gasteiger charge is 1.85. The van der Waals surface area contributed by atoms with Crippen LogP contribution in [-0.4, -0.2) is 16.8 Å². The molecule has 0 amide bonds. The molecule has 0 aliphatic rings. The smallest absolute Gasteiger partial charge is 0.119 e. The van der Waals surface area contributed by atoms with E-state index in [-0.39, 0.29) is 23.9 Å². The van der Waals surface area contributed by atoms with Gasteiger partial charge in [0.1, 0.15) is 11.5 Å². The lowest BCUT2D eigenvalue weighted by Gasteiger charge is -1.89. The fourth-order valence-corrected chi connectivity index (χ4v) is 0.493. The zero-order valence-corrected chi connectivity index (χ0v) is 8.00. The van der Waals surface area contributed by atoms with Gasteiger partial charge in [0.05, 0.1) is 0 Å². The summed E-state index contributed by atoms with van der Waals surface area (Å²) >= 11 is 0. The number of hydrogen-bond acceptors (Lipinski definition) is 3. The number of hydrogen-bond donors (Lipinski definition) is 3. The first kappa shape index (κ1) is 14.3. The average Bonchev–Trinajstić information content (AvgIpc) is 2.04. The van der Waals surface area contributed by atoms with Gasteiger partial charge in [0.2, 0.25) is 0 Å². The molecule has 1 aromatic rings. The molecule has 74 valence electrons. The Labute approximate surface area is 83.9 Å². The standard InChI is InChI=1S/C6H6O2.C3H7N.ClH/c7-5-2-1-3-6(8)4-5;1-2-3-4;/h1-4,7-8H;2H,1,3-4H2;1H. The maximum atomic E-state index is 8.65. The molecule has 0 spiro atoms. The lowest BCUT2D eigenvalue weighted by Crippen LogP contribution is -1.90. The summed E-state index contributed by atoms with van der Waals surface area (Å²) in [4.78, 5) is 0. The maximum absolute atomic E-state index is 8.65. The molecule has 4 N–H and O–H groups in total. The number of halogens is 1. The van der Waals surface area contributed by atoms with Gasteiger partial charge in [-0.2, -0.15) is 0 Å². The number of benzene rings is 1. The molecule has 0 heterocycles. The van der Waals surface area contributed by atoms with E-state index in [9.17, 15) is 0 Å². The minimum Gasteiger partial charge on any atom is -0.508 e. The Morgan fingerprint density at radius 1 is 1.31 bits per heavy atom. The first-order chi connectivity index (χ1) is 5.70. The van der Waals surface area contributed by atoms with Gasteiger partial charge < -0.3 is 15.9 Å². The molecule has 0 aromatic heterocycles. The molecule has 13 heavy (non-hydrogen) atoms. The minimum absolute atomic E-state index is 0. The van der Waals surface area contributed by atoms with Crippen molar-refractivity contribution in [2.24, 2.45) is 5.73 Å². The SMILES string of the molecule is C=CCN.Cl.Oc1cccc(O)c1. The van der Waals surface area contributed by atoms with Crippen molar-refractivity contribution < 1.29 is 10.2 Å². The van der Waals surface area contributed by atoms with E-state index in [0.29, 0.717) is 6.54 Å². The number of nitrogens with two attached hydrogens (primary N) is 1. The van der Waals surface area contributed by atoms with Crippen molar-refractivity contribution in [2.75, 3.05) is 6.54 Å². The van der Waals surface area contributed by atoms with Gasteiger partial charge in [-0.05, 0) is 12.1 Å². The van der Waals surface area contributed by atoms with E-state index in [1.54, 1.807) is 12.1 Å². The van der Waals surface area contributed by atoms with Gasteiger partial charge in [-0.1, -0.05) is 12.1 Å². The molecular weight excluding hydrogens is 190 g/mol. The van der Waals surface area contributed by atoms with Gasteiger partial charge in [0, 0.05) is 12.6 Å². The van der Waals surface area contributed by atoms with Crippen molar-refractivity contribution in [3.05, 3.63) is 36.9 Å². The van der Waals surface area contributed by atoms with Crippen molar-refractivity contribution in [3.8, 4) is 11.5 Å². The van der Waals surface area contributed by atoms with Gasteiger partial charge in [-0.25, -0.2) is 0 Å². The van der Waals surface area contributed by atoms with Crippen LogP contribution in [-0.2, 0) is 0 Å². The highest BCUT2D eigenvalue weighted by molar-refractivity contribution is 5.85. The predicted octanol–water partition coefficient (Wildman–Crippen LogP) is 1.65. The van der Waals surface area contributed by atoms with Crippen LogP contribution in [0.2, 0.25) is 0 Å². The van der Waals surface area contributed by atoms with Gasteiger partial charge in [-0.15, -0.1) is 19.0 Å². The Bertz CT molecular complexity index is 224. The molecule has 0 radical (unpaired) electrons. The lowest BCUT2D eigenvalue weighted by atomic mass is 10.3. The van der Waals surface area contributed by atoms with Crippen LogP contribution in [0.1, 0.15) is 0 Å². The molecular formula is C9H14ClNO2. The Kier molecular flexibility index (Phi) is 9.82. The van der Waals surface area contributed by atoms with E-state index in [1.807, 2.05) is 0 Å². The Morgan fingerprint density at radius 2 is 1.69 bits per heavy atom. The molecule has 0 saturated carbocycles. The zero-order valence-electron chi connectivity index (χ0n) is 7.18. The fraction of sp³-hybridized carbons (Fsp3) is 0.111. The topological polar surface area (TPSA) is 66.5 Å². The third-order valence-electron chi connectivity index (χ3n) is 0.996. The third kappa shape index (κ3) is 8.72. The summed E-state index contributed by atoms with van der Waals surface area (Å²) in [6, 6.07) is 5.85. The summed E-state index contributed by atoms with van der Waals surface area (Å²) in [6.45, 7) is 3.94. The Hall–Kier alpha value is -1.19. The summed E-state index contributed by atoms with van der Waals surface area (Å²) in [7, 11) is 0. The quantitative estimate of drug-likeness (QED) is 0.608. The number of rotatable bonds is 1. The monoisotopic (exact) mass is 203 g/mol. The second-order valence-electron chi connectivity index (χ2n) is 2.04. The second-order valence-corrected chi connectivity index (χ2v) is 2.04. The number of aromatic hydroxyl groups is 2. The maximum Gasteiger partial charge on any atom is 0.119 e. The van der Waals surface area contributed by atoms with Crippen LogP contribution in [0, 0.1) is 0 Å². The molecule has 0 aliphatic heterocycles. The second kappa shape index (κ2) is 8.90. The first-order valence-corrected chi connectivity index (χ1v) is 3.49. The molecule has 0 aliphatic carbocycles. The highest BCUT2D eigenvalue weighted by Crippen LogP contribution is 2.14. The number of phenolic OH excluding ortho intramolecular Hbond substituents is 2. The minimum atomic E-state index is 0. The highest BCUT2D eigenvalue weighted by atomic mass is 35.5. The summed E-state index contributed by atoms with van der Waals surface area (Å²) in [6.07, 6.45) is 1.65. The van der Waals surface area contributed by atoms with E-state index in [0.717, 1.165) is 0 Å². The van der Waals surface area contributed by atoms with Gasteiger partial charge in [0.25, 0.3) is 0 Å². The van der Waals surface area contributed by atoms with E-state index in [4.69, 9.17) is 15.9 Å². The molecule has 0 unspecified atom stereocenters. The van der Waals surface area contributed by atoms with Gasteiger partial charge in [-0.3, -0.25) is 0 Å². The van der Waals surface area contributed by atoms with Crippen molar-refractivity contribution in [1.82, 2.24) is 0 Å². The Morgan fingerprint density at radius 3 is 1.85 bits per heavy atom. The van der Waals surface area contributed by atoms with E-state index in [1.165, 1.54) is 18.2 Å². The molecule has 1 aromatic carbocycles. The molecule has 0 saturated heterocycles. The van der Waals surface area contributed by atoms with Gasteiger partial charge in [0.15, 0.2) is 0 Å². The van der Waals surface area contributed by atoms with Crippen molar-refractivity contribution >= 4 is 12.4 Å². The number of phenols is 2. The van der Waals surface area contributed by atoms with Crippen molar-refractivity contribution in [3.63, 3.8) is 0 Å². The van der Waals surface area contributed by atoms with Crippen LogP contribution in [0.15, 0.2) is 36.9 Å². The van der Waals surface area contributed by atoms with E-state index < -0.39 is 0 Å². The average molecular weight is 204 g/mol. The molecule has 0 atom stereocenters. The Balaban J connectivity index is 0. The summed E-state index contributed by atoms with van der Waals surface area (Å²) in [5.41, 5.74) is 4.91. The zero-order chi connectivity index (χ0) is 9.40. The largest absolute Gasteiger partial charge is 0.508 e. The summed E-state index contributed by atoms with van der Waals surface area (Å²) in [5, 5.41) is 17.3. The summed E-state index contributed by atoms with van der Waals surface area (Å²) in [5.74, 6) is 0.176. The first-order valence-electron chi connectivity index (χ1n) is 3.49. The van der Waals surface area contributed by atoms with Crippen molar-refractivity contribution in [2.45, 2.75) is 0 Å². The van der Waals surface area contributed by atoms with Crippen LogP contribution >= 0.6 is 12.4 Å². The van der Waals surface area contributed by atoms with E-state index in [2.05, 4.69) is 6.58 Å². The molecule has 3 nitrogen and oxygen atoms in total. The summed E-state index contributed by atoms with van der Waals surface area (Å²) < 4.78 is 0. The van der Waals surface area contributed by atoms with Crippen LogP contribution in [0.3, 0.4) is 0 Å². The lowest BCUT2D eigenvalue weighted by molar-refractivity contribution is 0.450. The van der Waals surface area contributed by atoms with Crippen molar-refractivity contribution in [1.29, 1.82) is 0 Å². The van der Waals surface area contributed by atoms with E-state index >= 15 is 0 Å². The molecule has 0 bridgehead atoms. The van der Waals surface area contributed by atoms with Crippen LogP contribution in [0.25, 0.3) is 0 Å². The van der Waals surface area contributed by atoms with Crippen LogP contribution < -0.4 is 5.73 Å². The third-order valence-corrected chi connectivity index (χ3v) is 0.996. The predicted molar refractivity (Wildman–Crippen MR) is 56.3 cm³/mol. The molecule has 1 rings (SSSR count). The molecule has 4 heteroatoms. The molecule has 0 fully saturated rings. The van der Waals surface area contributed by atoms with Crippen LogP contribution in [0.4, 0.5) is 0 Å². The fourth-order valence-electron chi connectivity index (χ4n) is 0.493. The van der Waals surface area contributed by atoms with Gasteiger partial charge >= 0.3 is 0 Å².